The third-order valence-electron chi connectivity index (χ3n) is 3.37. The molecule has 0 bridgehead atoms. The van der Waals surface area contributed by atoms with Crippen LogP contribution in [0.1, 0.15) is 30.9 Å². The predicted octanol–water partition coefficient (Wildman–Crippen LogP) is 2.65. The molecule has 2 rings (SSSR count). The van der Waals surface area contributed by atoms with E-state index < -0.39 is 12.0 Å². The normalized spacial score (nSPS) is 12.3. The summed E-state index contributed by atoms with van der Waals surface area (Å²) in [5, 5.41) is 12.5. The SMILES string of the molecule is CCC[C@@H](NC(=O)Cc1coc2cc(C)ccc12)C(=O)O. The van der Waals surface area contributed by atoms with E-state index >= 15 is 0 Å². The van der Waals surface area contributed by atoms with Crippen molar-refractivity contribution in [3.63, 3.8) is 0 Å². The summed E-state index contributed by atoms with van der Waals surface area (Å²) < 4.78 is 5.43. The second-order valence-electron chi connectivity index (χ2n) is 5.18. The number of carboxylic acids is 1. The Labute approximate surface area is 122 Å². The van der Waals surface area contributed by atoms with E-state index in [4.69, 9.17) is 9.52 Å². The average molecular weight is 289 g/mol. The van der Waals surface area contributed by atoms with Gasteiger partial charge in [0.15, 0.2) is 0 Å². The highest BCUT2D eigenvalue weighted by molar-refractivity contribution is 5.89. The highest BCUT2D eigenvalue weighted by atomic mass is 16.4. The Morgan fingerprint density at radius 1 is 1.38 bits per heavy atom. The first-order valence-corrected chi connectivity index (χ1v) is 7.00. The molecule has 1 amide bonds. The van der Waals surface area contributed by atoms with Crippen LogP contribution < -0.4 is 5.32 Å². The van der Waals surface area contributed by atoms with Crippen LogP contribution in [-0.4, -0.2) is 23.0 Å². The number of carbonyl (C=O) groups excluding carboxylic acids is 1. The molecule has 0 aliphatic heterocycles. The first-order chi connectivity index (χ1) is 10.0. The molecule has 21 heavy (non-hydrogen) atoms. The highest BCUT2D eigenvalue weighted by Crippen LogP contribution is 2.22. The van der Waals surface area contributed by atoms with E-state index in [-0.39, 0.29) is 12.3 Å². The first kappa shape index (κ1) is 15.1. The monoisotopic (exact) mass is 289 g/mol. The van der Waals surface area contributed by atoms with Gasteiger partial charge in [0.25, 0.3) is 0 Å². The summed E-state index contributed by atoms with van der Waals surface area (Å²) in [4.78, 5) is 23.0. The molecule has 0 aliphatic carbocycles. The fourth-order valence-corrected chi connectivity index (χ4v) is 2.29. The smallest absolute Gasteiger partial charge is 0.326 e. The number of furan rings is 1. The summed E-state index contributed by atoms with van der Waals surface area (Å²) in [6, 6.07) is 4.95. The maximum atomic E-state index is 12.0. The van der Waals surface area contributed by atoms with Crippen LogP contribution in [0.15, 0.2) is 28.9 Å². The lowest BCUT2D eigenvalue weighted by Crippen LogP contribution is -2.41. The van der Waals surface area contributed by atoms with E-state index in [1.807, 2.05) is 32.0 Å². The van der Waals surface area contributed by atoms with Gasteiger partial charge < -0.3 is 14.8 Å². The minimum absolute atomic E-state index is 0.115. The highest BCUT2D eigenvalue weighted by Gasteiger charge is 2.19. The number of amides is 1. The Balaban J connectivity index is 2.09. The molecule has 2 aromatic rings. The zero-order valence-corrected chi connectivity index (χ0v) is 12.2. The number of hydrogen-bond acceptors (Lipinski definition) is 3. The first-order valence-electron chi connectivity index (χ1n) is 7.00. The average Bonchev–Trinajstić information content (AvgIpc) is 2.80. The van der Waals surface area contributed by atoms with Crippen LogP contribution in [0.25, 0.3) is 11.0 Å². The van der Waals surface area contributed by atoms with Crippen molar-refractivity contribution in [3.8, 4) is 0 Å². The summed E-state index contributed by atoms with van der Waals surface area (Å²) in [6.45, 7) is 3.85. The standard InChI is InChI=1S/C16H19NO4/c1-3-4-13(16(19)20)17-15(18)8-11-9-21-14-7-10(2)5-6-12(11)14/h5-7,9,13H,3-4,8H2,1-2H3,(H,17,18)(H,19,20)/t13-/m1/s1. The van der Waals surface area contributed by atoms with Crippen molar-refractivity contribution in [1.29, 1.82) is 0 Å². The van der Waals surface area contributed by atoms with Gasteiger partial charge in [0.1, 0.15) is 11.6 Å². The minimum Gasteiger partial charge on any atom is -0.480 e. The minimum atomic E-state index is -1.00. The maximum absolute atomic E-state index is 12.0. The van der Waals surface area contributed by atoms with Crippen LogP contribution in [0.2, 0.25) is 0 Å². The van der Waals surface area contributed by atoms with E-state index in [0.717, 1.165) is 22.1 Å². The molecular weight excluding hydrogens is 270 g/mol. The number of aryl methyl sites for hydroxylation is 1. The molecule has 1 heterocycles. The van der Waals surface area contributed by atoms with Crippen molar-refractivity contribution in [3.05, 3.63) is 35.6 Å². The third-order valence-corrected chi connectivity index (χ3v) is 3.37. The molecule has 0 fully saturated rings. The second-order valence-corrected chi connectivity index (χ2v) is 5.18. The molecule has 5 heteroatoms. The van der Waals surface area contributed by atoms with Gasteiger partial charge in [0, 0.05) is 10.9 Å². The van der Waals surface area contributed by atoms with E-state index in [1.165, 1.54) is 0 Å². The number of nitrogens with one attached hydrogen (secondary N) is 1. The van der Waals surface area contributed by atoms with Gasteiger partial charge in [-0.3, -0.25) is 4.79 Å². The van der Waals surface area contributed by atoms with Gasteiger partial charge in [0.2, 0.25) is 5.91 Å². The van der Waals surface area contributed by atoms with Crippen molar-refractivity contribution in [2.45, 2.75) is 39.2 Å². The molecule has 1 aromatic carbocycles. The Hall–Kier alpha value is -2.30. The van der Waals surface area contributed by atoms with Gasteiger partial charge in [0.05, 0.1) is 12.7 Å². The van der Waals surface area contributed by atoms with Gasteiger partial charge >= 0.3 is 5.97 Å². The number of fused-ring (bicyclic) bond motifs is 1. The molecule has 2 N–H and O–H groups in total. The van der Waals surface area contributed by atoms with Gasteiger partial charge in [-0.15, -0.1) is 0 Å². The maximum Gasteiger partial charge on any atom is 0.326 e. The topological polar surface area (TPSA) is 79.5 Å². The fraction of sp³-hybridized carbons (Fsp3) is 0.375. The molecule has 0 unspecified atom stereocenters. The lowest BCUT2D eigenvalue weighted by atomic mass is 10.1. The molecule has 112 valence electrons. The third kappa shape index (κ3) is 3.62. The van der Waals surface area contributed by atoms with Crippen molar-refractivity contribution in [2.75, 3.05) is 0 Å². The Bertz CT molecular complexity index is 659. The van der Waals surface area contributed by atoms with Crippen LogP contribution in [0.3, 0.4) is 0 Å². The Kier molecular flexibility index (Phi) is 4.62. The second kappa shape index (κ2) is 6.43. The molecule has 0 aliphatic rings. The summed E-state index contributed by atoms with van der Waals surface area (Å²) in [5.41, 5.74) is 2.59. The Morgan fingerprint density at radius 2 is 2.14 bits per heavy atom. The van der Waals surface area contributed by atoms with Gasteiger partial charge in [-0.05, 0) is 25.0 Å². The summed E-state index contributed by atoms with van der Waals surface area (Å²) in [7, 11) is 0. The molecule has 0 saturated carbocycles. The number of benzene rings is 1. The molecule has 5 nitrogen and oxygen atoms in total. The zero-order chi connectivity index (χ0) is 15.4. The summed E-state index contributed by atoms with van der Waals surface area (Å²) in [6.07, 6.45) is 2.79. The van der Waals surface area contributed by atoms with Crippen molar-refractivity contribution in [2.24, 2.45) is 0 Å². The molecule has 0 radical (unpaired) electrons. The van der Waals surface area contributed by atoms with Crippen molar-refractivity contribution >= 4 is 22.8 Å². The van der Waals surface area contributed by atoms with Gasteiger partial charge in [-0.1, -0.05) is 25.5 Å². The van der Waals surface area contributed by atoms with Crippen molar-refractivity contribution in [1.82, 2.24) is 5.32 Å². The van der Waals surface area contributed by atoms with Crippen LogP contribution in [0, 0.1) is 6.92 Å². The molecule has 0 spiro atoms. The molecule has 0 saturated heterocycles. The van der Waals surface area contributed by atoms with Crippen molar-refractivity contribution < 1.29 is 19.1 Å². The fourth-order valence-electron chi connectivity index (χ4n) is 2.29. The van der Waals surface area contributed by atoms with Gasteiger partial charge in [-0.25, -0.2) is 4.79 Å². The number of carboxylic acid groups (broad SMARTS) is 1. The van der Waals surface area contributed by atoms with Crippen LogP contribution in [-0.2, 0) is 16.0 Å². The summed E-state index contributed by atoms with van der Waals surface area (Å²) in [5.74, 6) is -1.31. The lowest BCUT2D eigenvalue weighted by Gasteiger charge is -2.13. The van der Waals surface area contributed by atoms with Crippen LogP contribution in [0.5, 0.6) is 0 Å². The largest absolute Gasteiger partial charge is 0.480 e. The van der Waals surface area contributed by atoms with Crippen LogP contribution in [0.4, 0.5) is 0 Å². The summed E-state index contributed by atoms with van der Waals surface area (Å²) >= 11 is 0. The quantitative estimate of drug-likeness (QED) is 0.856. The molecular formula is C16H19NO4. The molecule has 1 atom stereocenters. The molecule has 1 aromatic heterocycles. The van der Waals surface area contributed by atoms with E-state index in [0.29, 0.717) is 12.8 Å². The van der Waals surface area contributed by atoms with E-state index in [1.54, 1.807) is 6.26 Å². The Morgan fingerprint density at radius 3 is 2.81 bits per heavy atom. The predicted molar refractivity (Wildman–Crippen MR) is 79.1 cm³/mol. The number of rotatable bonds is 6. The number of hydrogen-bond donors (Lipinski definition) is 2. The zero-order valence-electron chi connectivity index (χ0n) is 12.2. The van der Waals surface area contributed by atoms with E-state index in [2.05, 4.69) is 5.32 Å². The van der Waals surface area contributed by atoms with E-state index in [9.17, 15) is 9.59 Å². The number of aliphatic carboxylic acids is 1. The van der Waals surface area contributed by atoms with Crippen LogP contribution >= 0.6 is 0 Å². The number of carbonyl (C=O) groups is 2. The lowest BCUT2D eigenvalue weighted by molar-refractivity contribution is -0.141. The van der Waals surface area contributed by atoms with Gasteiger partial charge in [-0.2, -0.15) is 0 Å².